The van der Waals surface area contributed by atoms with E-state index in [4.69, 9.17) is 10.5 Å². The van der Waals surface area contributed by atoms with Crippen molar-refractivity contribution < 1.29 is 4.74 Å². The highest BCUT2D eigenvalue weighted by Crippen LogP contribution is 2.39. The SMILES string of the molecule is COc1ccc2c(c1)C(N)C(Sc1ccc(C)cc1)CC2. The topological polar surface area (TPSA) is 35.2 Å². The Labute approximate surface area is 130 Å². The third kappa shape index (κ3) is 3.09. The molecule has 2 aromatic carbocycles. The Balaban J connectivity index is 1.81. The molecule has 0 fully saturated rings. The van der Waals surface area contributed by atoms with E-state index in [1.54, 1.807) is 7.11 Å². The van der Waals surface area contributed by atoms with Gasteiger partial charge in [0, 0.05) is 16.2 Å². The predicted molar refractivity (Wildman–Crippen MR) is 89.1 cm³/mol. The monoisotopic (exact) mass is 299 g/mol. The first-order valence-corrected chi connectivity index (χ1v) is 8.21. The number of ether oxygens (including phenoxy) is 1. The number of thioether (sulfide) groups is 1. The van der Waals surface area contributed by atoms with Crippen LogP contribution in [-0.4, -0.2) is 12.4 Å². The highest BCUT2D eigenvalue weighted by Gasteiger charge is 2.27. The fourth-order valence-corrected chi connectivity index (χ4v) is 4.01. The number of nitrogens with two attached hydrogens (primary N) is 1. The third-order valence-corrected chi connectivity index (χ3v) is 5.50. The molecule has 0 heterocycles. The number of fused-ring (bicyclic) bond motifs is 1. The van der Waals surface area contributed by atoms with Crippen molar-refractivity contribution in [1.29, 1.82) is 0 Å². The largest absolute Gasteiger partial charge is 0.497 e. The summed E-state index contributed by atoms with van der Waals surface area (Å²) in [6.07, 6.45) is 2.22. The van der Waals surface area contributed by atoms with Crippen molar-refractivity contribution in [2.24, 2.45) is 5.73 Å². The van der Waals surface area contributed by atoms with Crippen molar-refractivity contribution in [3.8, 4) is 5.75 Å². The van der Waals surface area contributed by atoms with Crippen molar-refractivity contribution >= 4 is 11.8 Å². The second kappa shape index (κ2) is 6.12. The van der Waals surface area contributed by atoms with Gasteiger partial charge in [0.2, 0.25) is 0 Å². The smallest absolute Gasteiger partial charge is 0.119 e. The summed E-state index contributed by atoms with van der Waals surface area (Å²) in [4.78, 5) is 1.30. The van der Waals surface area contributed by atoms with Crippen molar-refractivity contribution in [2.75, 3.05) is 7.11 Å². The lowest BCUT2D eigenvalue weighted by Crippen LogP contribution is -2.29. The second-order valence-electron chi connectivity index (χ2n) is 5.60. The lowest BCUT2D eigenvalue weighted by Gasteiger charge is -2.31. The van der Waals surface area contributed by atoms with E-state index in [1.807, 2.05) is 17.8 Å². The summed E-state index contributed by atoms with van der Waals surface area (Å²) in [6, 6.07) is 15.0. The van der Waals surface area contributed by atoms with Crippen LogP contribution in [0, 0.1) is 6.92 Å². The molecule has 0 bridgehead atoms. The molecule has 2 atom stereocenters. The van der Waals surface area contributed by atoms with Crippen LogP contribution in [0.3, 0.4) is 0 Å². The molecule has 0 saturated heterocycles. The zero-order valence-electron chi connectivity index (χ0n) is 12.5. The minimum Gasteiger partial charge on any atom is -0.497 e. The molecule has 3 heteroatoms. The Morgan fingerprint density at radius 3 is 2.62 bits per heavy atom. The maximum atomic E-state index is 6.52. The number of rotatable bonds is 3. The quantitative estimate of drug-likeness (QED) is 0.926. The maximum Gasteiger partial charge on any atom is 0.119 e. The molecule has 2 N–H and O–H groups in total. The van der Waals surface area contributed by atoms with Crippen LogP contribution in [0.25, 0.3) is 0 Å². The average Bonchev–Trinajstić information content (AvgIpc) is 2.52. The molecule has 0 aliphatic heterocycles. The molecule has 3 rings (SSSR count). The van der Waals surface area contributed by atoms with Gasteiger partial charge >= 0.3 is 0 Å². The predicted octanol–water partition coefficient (Wildman–Crippen LogP) is 4.11. The molecule has 2 aromatic rings. The van der Waals surface area contributed by atoms with E-state index in [1.165, 1.54) is 21.6 Å². The molecular weight excluding hydrogens is 278 g/mol. The minimum atomic E-state index is 0.0650. The van der Waals surface area contributed by atoms with Crippen molar-refractivity contribution in [3.63, 3.8) is 0 Å². The van der Waals surface area contributed by atoms with E-state index in [0.29, 0.717) is 5.25 Å². The fraction of sp³-hybridized carbons (Fsp3) is 0.333. The maximum absolute atomic E-state index is 6.52. The van der Waals surface area contributed by atoms with E-state index >= 15 is 0 Å². The van der Waals surface area contributed by atoms with Crippen LogP contribution in [0.5, 0.6) is 5.75 Å². The van der Waals surface area contributed by atoms with Gasteiger partial charge in [-0.05, 0) is 55.2 Å². The summed E-state index contributed by atoms with van der Waals surface area (Å²) in [5, 5.41) is 0.423. The highest BCUT2D eigenvalue weighted by molar-refractivity contribution is 8.00. The molecule has 110 valence electrons. The lowest BCUT2D eigenvalue weighted by atomic mass is 9.87. The van der Waals surface area contributed by atoms with Gasteiger partial charge in [0.15, 0.2) is 0 Å². The van der Waals surface area contributed by atoms with Gasteiger partial charge in [-0.25, -0.2) is 0 Å². The Hall–Kier alpha value is -1.45. The van der Waals surface area contributed by atoms with Gasteiger partial charge in [0.05, 0.1) is 7.11 Å². The van der Waals surface area contributed by atoms with Gasteiger partial charge in [-0.1, -0.05) is 23.8 Å². The summed E-state index contributed by atoms with van der Waals surface area (Å²) >= 11 is 1.89. The van der Waals surface area contributed by atoms with Crippen LogP contribution in [0.15, 0.2) is 47.4 Å². The van der Waals surface area contributed by atoms with Crippen LogP contribution in [0.2, 0.25) is 0 Å². The molecule has 2 unspecified atom stereocenters. The zero-order chi connectivity index (χ0) is 14.8. The van der Waals surface area contributed by atoms with Crippen molar-refractivity contribution in [2.45, 2.75) is 36.0 Å². The fourth-order valence-electron chi connectivity index (χ4n) is 2.84. The summed E-state index contributed by atoms with van der Waals surface area (Å²) in [6.45, 7) is 2.11. The van der Waals surface area contributed by atoms with Crippen molar-refractivity contribution in [3.05, 3.63) is 59.2 Å². The molecule has 0 radical (unpaired) electrons. The molecule has 1 aliphatic carbocycles. The molecule has 0 aromatic heterocycles. The van der Waals surface area contributed by atoms with Crippen LogP contribution >= 0.6 is 11.8 Å². The summed E-state index contributed by atoms with van der Waals surface area (Å²) < 4.78 is 5.33. The molecule has 0 saturated carbocycles. The first-order chi connectivity index (χ1) is 10.2. The number of hydrogen-bond acceptors (Lipinski definition) is 3. The van der Waals surface area contributed by atoms with Crippen LogP contribution in [0.1, 0.15) is 29.2 Å². The van der Waals surface area contributed by atoms with E-state index in [0.717, 1.165) is 18.6 Å². The van der Waals surface area contributed by atoms with Crippen LogP contribution < -0.4 is 10.5 Å². The number of methoxy groups -OCH3 is 1. The second-order valence-corrected chi connectivity index (χ2v) is 6.91. The Morgan fingerprint density at radius 2 is 1.90 bits per heavy atom. The Kier molecular flexibility index (Phi) is 4.22. The van der Waals surface area contributed by atoms with Gasteiger partial charge in [-0.2, -0.15) is 0 Å². The molecule has 0 amide bonds. The first-order valence-electron chi connectivity index (χ1n) is 7.33. The van der Waals surface area contributed by atoms with E-state index in [9.17, 15) is 0 Å². The lowest BCUT2D eigenvalue weighted by molar-refractivity contribution is 0.412. The van der Waals surface area contributed by atoms with Gasteiger partial charge < -0.3 is 10.5 Å². The van der Waals surface area contributed by atoms with Crippen LogP contribution in [-0.2, 0) is 6.42 Å². The summed E-state index contributed by atoms with van der Waals surface area (Å²) in [5.74, 6) is 0.894. The van der Waals surface area contributed by atoms with Crippen molar-refractivity contribution in [1.82, 2.24) is 0 Å². The van der Waals surface area contributed by atoms with E-state index < -0.39 is 0 Å². The minimum absolute atomic E-state index is 0.0650. The molecule has 2 nitrogen and oxygen atoms in total. The number of hydrogen-bond donors (Lipinski definition) is 1. The first kappa shape index (κ1) is 14.5. The third-order valence-electron chi connectivity index (χ3n) is 4.12. The van der Waals surface area contributed by atoms with Crippen LogP contribution in [0.4, 0.5) is 0 Å². The number of aryl methyl sites for hydroxylation is 2. The van der Waals surface area contributed by atoms with Gasteiger partial charge in [-0.3, -0.25) is 0 Å². The molecule has 1 aliphatic rings. The average molecular weight is 299 g/mol. The molecular formula is C18H21NOS. The standard InChI is InChI=1S/C18H21NOS/c1-12-3-8-15(9-4-12)21-17-10-6-13-5-7-14(20-2)11-16(13)18(17)19/h3-5,7-9,11,17-18H,6,10,19H2,1-2H3. The number of benzene rings is 2. The van der Waals surface area contributed by atoms with E-state index in [-0.39, 0.29) is 6.04 Å². The Bertz CT molecular complexity index is 624. The summed E-state index contributed by atoms with van der Waals surface area (Å²) in [5.41, 5.74) is 10.4. The van der Waals surface area contributed by atoms with Gasteiger partial charge in [0.1, 0.15) is 5.75 Å². The zero-order valence-corrected chi connectivity index (χ0v) is 13.3. The molecule has 0 spiro atoms. The highest BCUT2D eigenvalue weighted by atomic mass is 32.2. The van der Waals surface area contributed by atoms with E-state index in [2.05, 4.69) is 43.3 Å². The van der Waals surface area contributed by atoms with Gasteiger partial charge in [-0.15, -0.1) is 11.8 Å². The molecule has 21 heavy (non-hydrogen) atoms. The summed E-state index contributed by atoms with van der Waals surface area (Å²) in [7, 11) is 1.70. The normalized spacial score (nSPS) is 20.9. The Morgan fingerprint density at radius 1 is 1.14 bits per heavy atom. The van der Waals surface area contributed by atoms with Gasteiger partial charge in [0.25, 0.3) is 0 Å².